The number of rotatable bonds is 6. The van der Waals surface area contributed by atoms with E-state index in [1.165, 1.54) is 5.56 Å². The Morgan fingerprint density at radius 2 is 2.00 bits per heavy atom. The molecule has 0 bridgehead atoms. The molecule has 5 rings (SSSR count). The van der Waals surface area contributed by atoms with Crippen molar-refractivity contribution in [2.24, 2.45) is 11.7 Å². The molecule has 2 aliphatic rings. The highest BCUT2D eigenvalue weighted by molar-refractivity contribution is 5.77. The van der Waals surface area contributed by atoms with Gasteiger partial charge in [0.05, 0.1) is 6.04 Å². The van der Waals surface area contributed by atoms with Crippen molar-refractivity contribution in [3.05, 3.63) is 54.3 Å². The lowest BCUT2D eigenvalue weighted by Gasteiger charge is -2.31. The van der Waals surface area contributed by atoms with Crippen molar-refractivity contribution in [3.8, 4) is 11.4 Å². The number of likely N-dealkylation sites (tertiary alicyclic amines) is 1. The van der Waals surface area contributed by atoms with Crippen LogP contribution in [0.25, 0.3) is 11.4 Å². The summed E-state index contributed by atoms with van der Waals surface area (Å²) in [7, 11) is 0. The van der Waals surface area contributed by atoms with Crippen LogP contribution < -0.4 is 10.6 Å². The van der Waals surface area contributed by atoms with Gasteiger partial charge in [-0.05, 0) is 56.0 Å². The van der Waals surface area contributed by atoms with E-state index in [0.29, 0.717) is 11.7 Å². The molecule has 2 aliphatic heterocycles. The number of primary amides is 1. The van der Waals surface area contributed by atoms with Gasteiger partial charge in [0.2, 0.25) is 17.6 Å². The molecule has 2 saturated heterocycles. The van der Waals surface area contributed by atoms with Crippen molar-refractivity contribution in [1.29, 1.82) is 0 Å². The van der Waals surface area contributed by atoms with Crippen LogP contribution in [-0.2, 0) is 11.3 Å². The first-order valence-corrected chi connectivity index (χ1v) is 11.1. The average molecular weight is 434 g/mol. The molecule has 0 saturated carbocycles. The molecular weight excluding hydrogens is 406 g/mol. The summed E-state index contributed by atoms with van der Waals surface area (Å²) in [6.45, 7) is 3.38. The second-order valence-electron chi connectivity index (χ2n) is 8.51. The van der Waals surface area contributed by atoms with E-state index in [1.54, 1.807) is 12.4 Å². The molecule has 3 aromatic rings. The fourth-order valence-corrected chi connectivity index (χ4v) is 4.61. The SMILES string of the molecule is NC(=O)C1CCN(c2ccc(-c3noc([C@@H]4CCCN4Cc4cccnc4)n3)cn2)CC1. The van der Waals surface area contributed by atoms with Crippen molar-refractivity contribution < 1.29 is 9.32 Å². The number of pyridine rings is 2. The zero-order valence-corrected chi connectivity index (χ0v) is 17.9. The molecule has 9 heteroatoms. The Labute approximate surface area is 186 Å². The molecule has 2 fully saturated rings. The third-order valence-corrected chi connectivity index (χ3v) is 6.43. The lowest BCUT2D eigenvalue weighted by atomic mass is 9.96. The molecule has 32 heavy (non-hydrogen) atoms. The summed E-state index contributed by atoms with van der Waals surface area (Å²) in [6, 6.07) is 8.11. The number of anilines is 1. The quantitative estimate of drug-likeness (QED) is 0.631. The number of carbonyl (C=O) groups is 1. The number of piperidine rings is 1. The van der Waals surface area contributed by atoms with Crippen molar-refractivity contribution in [2.75, 3.05) is 24.5 Å². The monoisotopic (exact) mass is 433 g/mol. The van der Waals surface area contributed by atoms with E-state index in [0.717, 1.165) is 63.2 Å². The normalized spacial score (nSPS) is 20.0. The summed E-state index contributed by atoms with van der Waals surface area (Å²) in [5, 5.41) is 4.21. The molecule has 0 unspecified atom stereocenters. The van der Waals surface area contributed by atoms with Gasteiger partial charge in [0.15, 0.2) is 0 Å². The van der Waals surface area contributed by atoms with Gasteiger partial charge in [-0.3, -0.25) is 14.7 Å². The Hall–Kier alpha value is -3.33. The highest BCUT2D eigenvalue weighted by Gasteiger charge is 2.31. The lowest BCUT2D eigenvalue weighted by molar-refractivity contribution is -0.122. The highest BCUT2D eigenvalue weighted by atomic mass is 16.5. The third kappa shape index (κ3) is 4.34. The van der Waals surface area contributed by atoms with Crippen LogP contribution in [0.1, 0.15) is 43.2 Å². The molecule has 166 valence electrons. The minimum absolute atomic E-state index is 0.0309. The van der Waals surface area contributed by atoms with Gasteiger partial charge in [-0.25, -0.2) is 4.98 Å². The van der Waals surface area contributed by atoms with Gasteiger partial charge in [-0.1, -0.05) is 11.2 Å². The minimum atomic E-state index is -0.206. The molecular formula is C23H27N7O2. The maximum Gasteiger partial charge on any atom is 0.244 e. The molecule has 0 aromatic carbocycles. The topological polar surface area (TPSA) is 114 Å². The molecule has 3 aromatic heterocycles. The van der Waals surface area contributed by atoms with Gasteiger partial charge in [0, 0.05) is 49.7 Å². The third-order valence-electron chi connectivity index (χ3n) is 6.43. The molecule has 2 N–H and O–H groups in total. The molecule has 9 nitrogen and oxygen atoms in total. The number of carbonyl (C=O) groups excluding carboxylic acids is 1. The van der Waals surface area contributed by atoms with Crippen LogP contribution in [0.4, 0.5) is 5.82 Å². The van der Waals surface area contributed by atoms with Crippen molar-refractivity contribution >= 4 is 11.7 Å². The van der Waals surface area contributed by atoms with E-state index in [2.05, 4.69) is 36.0 Å². The van der Waals surface area contributed by atoms with Gasteiger partial charge in [0.1, 0.15) is 5.82 Å². The predicted molar refractivity (Wildman–Crippen MR) is 118 cm³/mol. The Morgan fingerprint density at radius 1 is 1.12 bits per heavy atom. The van der Waals surface area contributed by atoms with E-state index in [1.807, 2.05) is 24.4 Å². The largest absolute Gasteiger partial charge is 0.369 e. The van der Waals surface area contributed by atoms with Crippen LogP contribution in [0.2, 0.25) is 0 Å². The number of nitrogens with zero attached hydrogens (tertiary/aromatic N) is 6. The average Bonchev–Trinajstić information content (AvgIpc) is 3.50. The number of hydrogen-bond donors (Lipinski definition) is 1. The Morgan fingerprint density at radius 3 is 2.72 bits per heavy atom. The van der Waals surface area contributed by atoms with Crippen LogP contribution in [0, 0.1) is 5.92 Å². The Bertz CT molecular complexity index is 1050. The smallest absolute Gasteiger partial charge is 0.244 e. The van der Waals surface area contributed by atoms with Gasteiger partial charge >= 0.3 is 0 Å². The standard InChI is InChI=1S/C23H27N7O2/c24-21(31)17-7-11-29(12-8-17)20-6-5-18(14-26-20)22-27-23(32-28-22)19-4-2-10-30(19)15-16-3-1-9-25-13-16/h1,3,5-6,9,13-14,17,19H,2,4,7-8,10-12,15H2,(H2,24,31)/t19-/m0/s1. The zero-order valence-electron chi connectivity index (χ0n) is 17.9. The van der Waals surface area contributed by atoms with Gasteiger partial charge in [-0.15, -0.1) is 0 Å². The summed E-state index contributed by atoms with van der Waals surface area (Å²) in [5.74, 6) is 1.86. The lowest BCUT2D eigenvalue weighted by Crippen LogP contribution is -2.38. The number of nitrogens with two attached hydrogens (primary N) is 1. The second kappa shape index (κ2) is 9.04. The molecule has 5 heterocycles. The maximum absolute atomic E-state index is 11.4. The first-order chi connectivity index (χ1) is 15.7. The summed E-state index contributed by atoms with van der Waals surface area (Å²) in [5.41, 5.74) is 7.43. The molecule has 0 radical (unpaired) electrons. The second-order valence-corrected chi connectivity index (χ2v) is 8.51. The maximum atomic E-state index is 11.4. The van der Waals surface area contributed by atoms with Gasteiger partial charge < -0.3 is 15.2 Å². The fraction of sp³-hybridized carbons (Fsp3) is 0.435. The summed E-state index contributed by atoms with van der Waals surface area (Å²) in [4.78, 5) is 29.4. The summed E-state index contributed by atoms with van der Waals surface area (Å²) in [6.07, 6.45) is 9.11. The van der Waals surface area contributed by atoms with Crippen LogP contribution in [0.3, 0.4) is 0 Å². The number of hydrogen-bond acceptors (Lipinski definition) is 8. The van der Waals surface area contributed by atoms with E-state index in [-0.39, 0.29) is 17.9 Å². The van der Waals surface area contributed by atoms with Crippen LogP contribution in [-0.4, -0.2) is 50.5 Å². The first kappa shape index (κ1) is 20.6. The Balaban J connectivity index is 1.25. The Kier molecular flexibility index (Phi) is 5.81. The van der Waals surface area contributed by atoms with Gasteiger partial charge in [0.25, 0.3) is 0 Å². The predicted octanol–water partition coefficient (Wildman–Crippen LogP) is 2.57. The fourth-order valence-electron chi connectivity index (χ4n) is 4.61. The van der Waals surface area contributed by atoms with Crippen LogP contribution >= 0.6 is 0 Å². The molecule has 1 amide bonds. The van der Waals surface area contributed by atoms with Gasteiger partial charge in [-0.2, -0.15) is 4.98 Å². The molecule has 0 spiro atoms. The van der Waals surface area contributed by atoms with Crippen molar-refractivity contribution in [1.82, 2.24) is 25.0 Å². The van der Waals surface area contributed by atoms with E-state index in [9.17, 15) is 4.79 Å². The van der Waals surface area contributed by atoms with E-state index in [4.69, 9.17) is 10.3 Å². The van der Waals surface area contributed by atoms with Crippen LogP contribution in [0.15, 0.2) is 47.4 Å². The van der Waals surface area contributed by atoms with E-state index < -0.39 is 0 Å². The summed E-state index contributed by atoms with van der Waals surface area (Å²) >= 11 is 0. The number of amides is 1. The van der Waals surface area contributed by atoms with Crippen molar-refractivity contribution in [3.63, 3.8) is 0 Å². The summed E-state index contributed by atoms with van der Waals surface area (Å²) < 4.78 is 5.65. The zero-order chi connectivity index (χ0) is 21.9. The molecule has 1 atom stereocenters. The highest BCUT2D eigenvalue weighted by Crippen LogP contribution is 2.33. The number of aromatic nitrogens is 4. The molecule has 0 aliphatic carbocycles. The minimum Gasteiger partial charge on any atom is -0.369 e. The van der Waals surface area contributed by atoms with Crippen LogP contribution in [0.5, 0.6) is 0 Å². The van der Waals surface area contributed by atoms with E-state index >= 15 is 0 Å². The van der Waals surface area contributed by atoms with Crippen molar-refractivity contribution in [2.45, 2.75) is 38.3 Å². The first-order valence-electron chi connectivity index (χ1n) is 11.1.